The average molecular weight is 337 g/mol. The first kappa shape index (κ1) is 17.2. The summed E-state index contributed by atoms with van der Waals surface area (Å²) in [5, 5.41) is 8.60. The lowest BCUT2D eigenvalue weighted by molar-refractivity contribution is -0.130. The summed E-state index contributed by atoms with van der Waals surface area (Å²) in [5.41, 5.74) is 5.35. The van der Waals surface area contributed by atoms with Crippen molar-refractivity contribution in [3.8, 4) is 0 Å². The standard InChI is InChI=1S/C16H27N5O3/c1-3-21-14(10-23-2)18-19-16(21)20-8-6-11(7-9-20)12-4-5-13(24-12)15(17)22/h11-13H,3-10H2,1-2H3,(H2,17,22)/t12-,13+/m0/s1. The quantitative estimate of drug-likeness (QED) is 0.821. The molecule has 0 saturated carbocycles. The van der Waals surface area contributed by atoms with Gasteiger partial charge in [0.1, 0.15) is 12.7 Å². The highest BCUT2D eigenvalue weighted by Crippen LogP contribution is 2.32. The van der Waals surface area contributed by atoms with E-state index in [1.165, 1.54) is 0 Å². The van der Waals surface area contributed by atoms with E-state index in [1.54, 1.807) is 7.11 Å². The van der Waals surface area contributed by atoms with Crippen molar-refractivity contribution >= 4 is 11.9 Å². The number of carbonyl (C=O) groups excluding carboxylic acids is 1. The van der Waals surface area contributed by atoms with Gasteiger partial charge in [-0.3, -0.25) is 9.36 Å². The van der Waals surface area contributed by atoms with E-state index >= 15 is 0 Å². The largest absolute Gasteiger partial charge is 0.377 e. The number of amides is 1. The molecule has 2 aliphatic rings. The van der Waals surface area contributed by atoms with Gasteiger partial charge in [0.2, 0.25) is 11.9 Å². The Morgan fingerprint density at radius 3 is 2.62 bits per heavy atom. The van der Waals surface area contributed by atoms with Crippen LogP contribution >= 0.6 is 0 Å². The first-order chi connectivity index (χ1) is 11.6. The highest BCUT2D eigenvalue weighted by molar-refractivity contribution is 5.79. The van der Waals surface area contributed by atoms with Gasteiger partial charge in [-0.05, 0) is 38.5 Å². The molecule has 3 heterocycles. The van der Waals surface area contributed by atoms with Crippen LogP contribution in [-0.2, 0) is 27.4 Å². The summed E-state index contributed by atoms with van der Waals surface area (Å²) in [6.45, 7) is 5.25. The number of methoxy groups -OCH3 is 1. The lowest BCUT2D eigenvalue weighted by atomic mass is 9.90. The van der Waals surface area contributed by atoms with E-state index in [0.717, 1.165) is 57.1 Å². The highest BCUT2D eigenvalue weighted by atomic mass is 16.5. The predicted molar refractivity (Wildman–Crippen MR) is 88.4 cm³/mol. The summed E-state index contributed by atoms with van der Waals surface area (Å²) < 4.78 is 13.1. The first-order valence-electron chi connectivity index (χ1n) is 8.74. The van der Waals surface area contributed by atoms with Crippen molar-refractivity contribution in [3.63, 3.8) is 0 Å². The molecule has 3 rings (SSSR count). The van der Waals surface area contributed by atoms with Crippen LogP contribution in [0.4, 0.5) is 5.95 Å². The van der Waals surface area contributed by atoms with E-state index in [2.05, 4.69) is 26.6 Å². The second-order valence-corrected chi connectivity index (χ2v) is 6.56. The van der Waals surface area contributed by atoms with Crippen molar-refractivity contribution in [1.82, 2.24) is 14.8 Å². The molecule has 1 amide bonds. The van der Waals surface area contributed by atoms with Gasteiger partial charge in [-0.2, -0.15) is 0 Å². The lowest BCUT2D eigenvalue weighted by Crippen LogP contribution is -2.39. The maximum atomic E-state index is 11.3. The topological polar surface area (TPSA) is 95.5 Å². The van der Waals surface area contributed by atoms with E-state index in [-0.39, 0.29) is 12.0 Å². The van der Waals surface area contributed by atoms with Crippen molar-refractivity contribution in [3.05, 3.63) is 5.82 Å². The van der Waals surface area contributed by atoms with Gasteiger partial charge in [0.15, 0.2) is 5.82 Å². The van der Waals surface area contributed by atoms with Gasteiger partial charge in [-0.1, -0.05) is 0 Å². The molecule has 8 nitrogen and oxygen atoms in total. The Kier molecular flexibility index (Phi) is 5.35. The molecule has 0 bridgehead atoms. The molecule has 2 atom stereocenters. The number of hydrogen-bond donors (Lipinski definition) is 1. The van der Waals surface area contributed by atoms with Crippen LogP contribution in [-0.4, -0.2) is 53.1 Å². The van der Waals surface area contributed by atoms with Crippen LogP contribution in [0.1, 0.15) is 38.4 Å². The van der Waals surface area contributed by atoms with Gasteiger partial charge in [0.05, 0.1) is 6.10 Å². The number of piperidine rings is 1. The van der Waals surface area contributed by atoms with Crippen molar-refractivity contribution in [2.45, 2.75) is 58.0 Å². The van der Waals surface area contributed by atoms with Gasteiger partial charge in [-0.25, -0.2) is 0 Å². The SMILES string of the molecule is CCn1c(COC)nnc1N1CCC([C@@H]2CC[C@H](C(N)=O)O2)CC1. The summed E-state index contributed by atoms with van der Waals surface area (Å²) in [7, 11) is 1.67. The van der Waals surface area contributed by atoms with E-state index in [1.807, 2.05) is 0 Å². The Morgan fingerprint density at radius 1 is 1.29 bits per heavy atom. The van der Waals surface area contributed by atoms with Crippen LogP contribution in [0, 0.1) is 5.92 Å². The molecule has 24 heavy (non-hydrogen) atoms. The summed E-state index contributed by atoms with van der Waals surface area (Å²) in [6.07, 6.45) is 3.52. The fraction of sp³-hybridized carbons (Fsp3) is 0.812. The third-order valence-electron chi connectivity index (χ3n) is 5.12. The minimum atomic E-state index is -0.396. The second kappa shape index (κ2) is 7.48. The van der Waals surface area contributed by atoms with Crippen molar-refractivity contribution in [2.75, 3.05) is 25.1 Å². The number of ether oxygens (including phenoxy) is 2. The smallest absolute Gasteiger partial charge is 0.246 e. The predicted octanol–water partition coefficient (Wildman–Crippen LogP) is 0.694. The molecule has 2 N–H and O–H groups in total. The van der Waals surface area contributed by atoms with E-state index in [9.17, 15) is 4.79 Å². The third kappa shape index (κ3) is 3.39. The summed E-state index contributed by atoms with van der Waals surface area (Å²) in [6, 6.07) is 0. The molecule has 0 unspecified atom stereocenters. The molecular weight excluding hydrogens is 310 g/mol. The van der Waals surface area contributed by atoms with Crippen LogP contribution < -0.4 is 10.6 Å². The Labute approximate surface area is 142 Å². The molecule has 8 heteroatoms. The Morgan fingerprint density at radius 2 is 2.04 bits per heavy atom. The number of hydrogen-bond acceptors (Lipinski definition) is 6. The van der Waals surface area contributed by atoms with Gasteiger partial charge < -0.3 is 20.1 Å². The molecule has 0 aliphatic carbocycles. The minimum absolute atomic E-state index is 0.165. The molecule has 0 spiro atoms. The van der Waals surface area contributed by atoms with Crippen LogP contribution in [0.5, 0.6) is 0 Å². The maximum absolute atomic E-state index is 11.3. The Balaban J connectivity index is 1.58. The summed E-state index contributed by atoms with van der Waals surface area (Å²) >= 11 is 0. The number of carbonyl (C=O) groups is 1. The van der Waals surface area contributed by atoms with Crippen molar-refractivity contribution < 1.29 is 14.3 Å². The van der Waals surface area contributed by atoms with Gasteiger partial charge >= 0.3 is 0 Å². The number of nitrogens with two attached hydrogens (primary N) is 1. The lowest BCUT2D eigenvalue weighted by Gasteiger charge is -2.35. The fourth-order valence-corrected chi connectivity index (χ4v) is 3.81. The normalized spacial score (nSPS) is 25.3. The average Bonchev–Trinajstić information content (AvgIpc) is 3.22. The van der Waals surface area contributed by atoms with Gasteiger partial charge in [0.25, 0.3) is 0 Å². The van der Waals surface area contributed by atoms with Crippen LogP contribution in [0.3, 0.4) is 0 Å². The van der Waals surface area contributed by atoms with Crippen molar-refractivity contribution in [2.24, 2.45) is 11.7 Å². The Hall–Kier alpha value is -1.67. The molecule has 1 aromatic heterocycles. The molecule has 0 aromatic carbocycles. The van der Waals surface area contributed by atoms with Crippen LogP contribution in [0.25, 0.3) is 0 Å². The number of rotatable bonds is 6. The Bertz CT molecular complexity index is 568. The van der Waals surface area contributed by atoms with Crippen LogP contribution in [0.2, 0.25) is 0 Å². The van der Waals surface area contributed by atoms with E-state index in [4.69, 9.17) is 15.2 Å². The molecule has 2 fully saturated rings. The van der Waals surface area contributed by atoms with Crippen LogP contribution in [0.15, 0.2) is 0 Å². The summed E-state index contributed by atoms with van der Waals surface area (Å²) in [4.78, 5) is 13.5. The zero-order chi connectivity index (χ0) is 17.1. The molecule has 0 radical (unpaired) electrons. The minimum Gasteiger partial charge on any atom is -0.377 e. The van der Waals surface area contributed by atoms with E-state index < -0.39 is 6.10 Å². The first-order valence-corrected chi connectivity index (χ1v) is 8.74. The number of anilines is 1. The van der Waals surface area contributed by atoms with Gasteiger partial charge in [-0.15, -0.1) is 10.2 Å². The molecule has 134 valence electrons. The zero-order valence-electron chi connectivity index (χ0n) is 14.5. The molecular formula is C16H27N5O3. The zero-order valence-corrected chi connectivity index (χ0v) is 14.5. The monoisotopic (exact) mass is 337 g/mol. The highest BCUT2D eigenvalue weighted by Gasteiger charge is 2.36. The number of primary amides is 1. The number of aromatic nitrogens is 3. The summed E-state index contributed by atoms with van der Waals surface area (Å²) in [5.74, 6) is 1.93. The second-order valence-electron chi connectivity index (χ2n) is 6.56. The maximum Gasteiger partial charge on any atom is 0.246 e. The van der Waals surface area contributed by atoms with Crippen molar-refractivity contribution in [1.29, 1.82) is 0 Å². The molecule has 2 aliphatic heterocycles. The van der Waals surface area contributed by atoms with E-state index in [0.29, 0.717) is 12.5 Å². The molecule has 1 aromatic rings. The number of nitrogens with zero attached hydrogens (tertiary/aromatic N) is 4. The molecule has 2 saturated heterocycles. The van der Waals surface area contributed by atoms with Gasteiger partial charge in [0, 0.05) is 26.7 Å². The third-order valence-corrected chi connectivity index (χ3v) is 5.12. The fourth-order valence-electron chi connectivity index (χ4n) is 3.81.